The number of hydrogen-bond donors (Lipinski definition) is 2. The number of aliphatic hydroxyl groups excluding tert-OH is 1. The number of nitrogens with one attached hydrogen (secondary N) is 1. The summed E-state index contributed by atoms with van der Waals surface area (Å²) in [6.45, 7) is 4.97. The molecule has 6 heteroatoms. The van der Waals surface area contributed by atoms with Gasteiger partial charge in [-0.25, -0.2) is 17.5 Å². The van der Waals surface area contributed by atoms with E-state index in [2.05, 4.69) is 4.72 Å². The van der Waals surface area contributed by atoms with E-state index in [0.717, 1.165) is 12.1 Å². The Hall–Kier alpha value is -0.980. The summed E-state index contributed by atoms with van der Waals surface area (Å²) in [5.41, 5.74) is -0.304. The van der Waals surface area contributed by atoms with Crippen molar-refractivity contribution in [3.63, 3.8) is 0 Å². The lowest BCUT2D eigenvalue weighted by atomic mass is 10.0. The minimum absolute atomic E-state index is 0.328. The lowest BCUT2D eigenvalue weighted by molar-refractivity contribution is 0.281. The molecule has 0 radical (unpaired) electrons. The summed E-state index contributed by atoms with van der Waals surface area (Å²) in [6, 6.07) is 3.57. The second kappa shape index (κ2) is 5.34. The maximum atomic E-state index is 13.7. The summed E-state index contributed by atoms with van der Waals surface area (Å²) in [5, 5.41) is 8.85. The second-order valence-electron chi connectivity index (χ2n) is 4.77. The van der Waals surface area contributed by atoms with Crippen molar-refractivity contribution in [1.82, 2.24) is 4.72 Å². The lowest BCUT2D eigenvalue weighted by Gasteiger charge is -2.24. The van der Waals surface area contributed by atoms with Gasteiger partial charge in [-0.05, 0) is 38.0 Å². The van der Waals surface area contributed by atoms with Crippen molar-refractivity contribution in [2.45, 2.75) is 44.2 Å². The van der Waals surface area contributed by atoms with Crippen molar-refractivity contribution in [1.29, 1.82) is 0 Å². The molecule has 18 heavy (non-hydrogen) atoms. The Morgan fingerprint density at radius 2 is 2.00 bits per heavy atom. The van der Waals surface area contributed by atoms with Gasteiger partial charge in [0.2, 0.25) is 10.0 Å². The fraction of sp³-hybridized carbons (Fsp3) is 0.500. The van der Waals surface area contributed by atoms with Gasteiger partial charge in [0.15, 0.2) is 0 Å². The Bertz CT molecular complexity index is 526. The van der Waals surface area contributed by atoms with E-state index in [1.807, 2.05) is 6.92 Å². The van der Waals surface area contributed by atoms with Gasteiger partial charge in [0.1, 0.15) is 10.7 Å². The minimum atomic E-state index is -3.89. The smallest absolute Gasteiger partial charge is 0.243 e. The first-order valence-electron chi connectivity index (χ1n) is 5.65. The summed E-state index contributed by atoms with van der Waals surface area (Å²) < 4.78 is 40.2. The van der Waals surface area contributed by atoms with Gasteiger partial charge in [-0.3, -0.25) is 0 Å². The number of sulfonamides is 1. The first-order valence-corrected chi connectivity index (χ1v) is 7.13. The number of halogens is 1. The van der Waals surface area contributed by atoms with Crippen LogP contribution in [0.25, 0.3) is 0 Å². The molecule has 4 nitrogen and oxygen atoms in total. The molecule has 1 aromatic rings. The number of benzene rings is 1. The van der Waals surface area contributed by atoms with Crippen molar-refractivity contribution in [3.05, 3.63) is 29.6 Å². The van der Waals surface area contributed by atoms with Crippen LogP contribution in [-0.2, 0) is 16.6 Å². The zero-order valence-electron chi connectivity index (χ0n) is 10.7. The van der Waals surface area contributed by atoms with Crippen LogP contribution in [0, 0.1) is 5.82 Å². The largest absolute Gasteiger partial charge is 0.392 e. The molecule has 0 heterocycles. The highest BCUT2D eigenvalue weighted by molar-refractivity contribution is 7.89. The second-order valence-corrected chi connectivity index (χ2v) is 6.42. The van der Waals surface area contributed by atoms with Crippen molar-refractivity contribution in [2.24, 2.45) is 0 Å². The van der Waals surface area contributed by atoms with Gasteiger partial charge < -0.3 is 5.11 Å². The average molecular weight is 275 g/mol. The van der Waals surface area contributed by atoms with Crippen LogP contribution < -0.4 is 4.72 Å². The van der Waals surface area contributed by atoms with Crippen molar-refractivity contribution in [2.75, 3.05) is 0 Å². The molecule has 0 aliphatic rings. The standard InChI is InChI=1S/C12H18FNO3S/c1-4-12(2,3)14-18(16,17)11-6-5-9(8-15)7-10(11)13/h5-7,14-15H,4,8H2,1-3H3. The third-order valence-corrected chi connectivity index (χ3v) is 4.49. The van der Waals surface area contributed by atoms with E-state index in [9.17, 15) is 12.8 Å². The van der Waals surface area contributed by atoms with Crippen LogP contribution in [-0.4, -0.2) is 19.1 Å². The Balaban J connectivity index is 3.14. The molecule has 0 amide bonds. The fourth-order valence-electron chi connectivity index (χ4n) is 1.35. The van der Waals surface area contributed by atoms with Crippen LogP contribution in [0.5, 0.6) is 0 Å². The van der Waals surface area contributed by atoms with Gasteiger partial charge in [0, 0.05) is 5.54 Å². The molecule has 0 spiro atoms. The molecule has 0 saturated carbocycles. The summed E-state index contributed by atoms with van der Waals surface area (Å²) in [4.78, 5) is -0.402. The van der Waals surface area contributed by atoms with Crippen LogP contribution in [0.3, 0.4) is 0 Å². The van der Waals surface area contributed by atoms with Crippen molar-refractivity contribution >= 4 is 10.0 Å². The van der Waals surface area contributed by atoms with E-state index in [4.69, 9.17) is 5.11 Å². The fourth-order valence-corrected chi connectivity index (χ4v) is 2.90. The normalized spacial score (nSPS) is 12.7. The molecular weight excluding hydrogens is 257 g/mol. The molecule has 0 fully saturated rings. The minimum Gasteiger partial charge on any atom is -0.392 e. The maximum absolute atomic E-state index is 13.7. The van der Waals surface area contributed by atoms with Gasteiger partial charge in [-0.2, -0.15) is 0 Å². The molecule has 0 aliphatic heterocycles. The van der Waals surface area contributed by atoms with Crippen LogP contribution in [0.1, 0.15) is 32.8 Å². The predicted molar refractivity (Wildman–Crippen MR) is 67.0 cm³/mol. The van der Waals surface area contributed by atoms with E-state index < -0.39 is 26.3 Å². The molecule has 1 rings (SSSR count). The van der Waals surface area contributed by atoms with Crippen LogP contribution in [0.4, 0.5) is 4.39 Å². The number of aliphatic hydroxyl groups is 1. The highest BCUT2D eigenvalue weighted by atomic mass is 32.2. The predicted octanol–water partition coefficient (Wildman–Crippen LogP) is 1.78. The molecule has 0 bridgehead atoms. The monoisotopic (exact) mass is 275 g/mol. The van der Waals surface area contributed by atoms with Gasteiger partial charge >= 0.3 is 0 Å². The van der Waals surface area contributed by atoms with Crippen LogP contribution in [0.15, 0.2) is 23.1 Å². The topological polar surface area (TPSA) is 66.4 Å². The van der Waals surface area contributed by atoms with Gasteiger partial charge in [-0.1, -0.05) is 13.0 Å². The molecule has 2 N–H and O–H groups in total. The van der Waals surface area contributed by atoms with E-state index >= 15 is 0 Å². The number of rotatable bonds is 5. The van der Waals surface area contributed by atoms with Gasteiger partial charge in [-0.15, -0.1) is 0 Å². The first-order chi connectivity index (χ1) is 8.22. The summed E-state index contributed by atoms with van der Waals surface area (Å²) in [5.74, 6) is -0.860. The first kappa shape index (κ1) is 15.1. The third-order valence-electron chi connectivity index (χ3n) is 2.76. The highest BCUT2D eigenvalue weighted by Gasteiger charge is 2.26. The Kier molecular flexibility index (Phi) is 4.47. The zero-order valence-corrected chi connectivity index (χ0v) is 11.5. The van der Waals surface area contributed by atoms with Crippen molar-refractivity contribution < 1.29 is 17.9 Å². The van der Waals surface area contributed by atoms with Gasteiger partial charge in [0.05, 0.1) is 6.61 Å². The molecule has 0 aliphatic carbocycles. The van der Waals surface area contributed by atoms with E-state index in [-0.39, 0.29) is 6.61 Å². The summed E-state index contributed by atoms with van der Waals surface area (Å²) >= 11 is 0. The highest BCUT2D eigenvalue weighted by Crippen LogP contribution is 2.19. The molecule has 1 aromatic carbocycles. The molecule has 0 atom stereocenters. The average Bonchev–Trinajstić information content (AvgIpc) is 2.27. The zero-order chi connectivity index (χ0) is 14.0. The van der Waals surface area contributed by atoms with E-state index in [1.54, 1.807) is 13.8 Å². The Morgan fingerprint density at radius 1 is 1.39 bits per heavy atom. The Labute approximate surface area is 107 Å². The van der Waals surface area contributed by atoms with E-state index in [1.165, 1.54) is 6.07 Å². The van der Waals surface area contributed by atoms with E-state index in [0.29, 0.717) is 12.0 Å². The lowest BCUT2D eigenvalue weighted by Crippen LogP contribution is -2.42. The van der Waals surface area contributed by atoms with Crippen LogP contribution >= 0.6 is 0 Å². The summed E-state index contributed by atoms with van der Waals surface area (Å²) in [6.07, 6.45) is 0.586. The molecule has 0 aromatic heterocycles. The third kappa shape index (κ3) is 3.51. The van der Waals surface area contributed by atoms with Crippen LogP contribution in [0.2, 0.25) is 0 Å². The van der Waals surface area contributed by atoms with Gasteiger partial charge in [0.25, 0.3) is 0 Å². The molecule has 102 valence electrons. The summed E-state index contributed by atoms with van der Waals surface area (Å²) in [7, 11) is -3.89. The van der Waals surface area contributed by atoms with Crippen molar-refractivity contribution in [3.8, 4) is 0 Å². The molecule has 0 unspecified atom stereocenters. The number of hydrogen-bond acceptors (Lipinski definition) is 3. The SMILES string of the molecule is CCC(C)(C)NS(=O)(=O)c1ccc(CO)cc1F. The molecular formula is C12H18FNO3S. The maximum Gasteiger partial charge on any atom is 0.243 e. The quantitative estimate of drug-likeness (QED) is 0.861. The molecule has 0 saturated heterocycles. The Morgan fingerprint density at radius 3 is 2.44 bits per heavy atom.